The zero-order valence-corrected chi connectivity index (χ0v) is 15.7. The lowest BCUT2D eigenvalue weighted by molar-refractivity contribution is 0.0727. The summed E-state index contributed by atoms with van der Waals surface area (Å²) in [4.78, 5) is 12.5. The number of halogens is 1. The molecule has 0 atom stereocenters. The van der Waals surface area contributed by atoms with Crippen LogP contribution in [-0.2, 0) is 14.8 Å². The van der Waals surface area contributed by atoms with Crippen molar-refractivity contribution in [3.05, 3.63) is 58.6 Å². The second kappa shape index (κ2) is 7.75. The first kappa shape index (κ1) is 18.8. The van der Waals surface area contributed by atoms with Crippen LogP contribution in [0.1, 0.15) is 15.9 Å². The Morgan fingerprint density at radius 1 is 1.12 bits per heavy atom. The first-order chi connectivity index (χ1) is 12.4. The second-order valence-corrected chi connectivity index (χ2v) is 8.18. The number of nitrogens with zero attached hydrogens (tertiary/aromatic N) is 1. The van der Waals surface area contributed by atoms with E-state index in [2.05, 4.69) is 0 Å². The van der Waals surface area contributed by atoms with E-state index in [0.29, 0.717) is 42.6 Å². The Hall–Kier alpha value is -1.93. The number of morpholine rings is 1. The van der Waals surface area contributed by atoms with Gasteiger partial charge in [0.25, 0.3) is 0 Å². The van der Waals surface area contributed by atoms with E-state index in [1.165, 1.54) is 10.4 Å². The van der Waals surface area contributed by atoms with Crippen LogP contribution in [0, 0.1) is 6.92 Å². The molecule has 0 unspecified atom stereocenters. The van der Waals surface area contributed by atoms with Crippen LogP contribution in [0.5, 0.6) is 5.75 Å². The quantitative estimate of drug-likeness (QED) is 0.588. The van der Waals surface area contributed by atoms with Crippen LogP contribution in [0.4, 0.5) is 0 Å². The fraction of sp³-hybridized carbons (Fsp3) is 0.278. The largest absolute Gasteiger partial charge is 0.423 e. The van der Waals surface area contributed by atoms with Crippen LogP contribution in [-0.4, -0.2) is 45.0 Å². The van der Waals surface area contributed by atoms with Gasteiger partial charge in [-0.3, -0.25) is 0 Å². The highest BCUT2D eigenvalue weighted by Gasteiger charge is 2.28. The number of ether oxygens (including phenoxy) is 2. The Kier molecular flexibility index (Phi) is 5.62. The van der Waals surface area contributed by atoms with Crippen molar-refractivity contribution in [1.29, 1.82) is 0 Å². The molecule has 2 aromatic rings. The third-order valence-corrected chi connectivity index (χ3v) is 6.33. The zero-order valence-electron chi connectivity index (χ0n) is 14.1. The first-order valence-electron chi connectivity index (χ1n) is 8.04. The summed E-state index contributed by atoms with van der Waals surface area (Å²) in [5, 5.41) is 0.527. The van der Waals surface area contributed by atoms with Crippen molar-refractivity contribution in [1.82, 2.24) is 4.31 Å². The number of hydrogen-bond acceptors (Lipinski definition) is 5. The number of carbonyl (C=O) groups excluding carboxylic acids is 1. The summed E-state index contributed by atoms with van der Waals surface area (Å²) in [6, 6.07) is 10.9. The van der Waals surface area contributed by atoms with Crippen molar-refractivity contribution in [2.75, 3.05) is 26.3 Å². The van der Waals surface area contributed by atoms with E-state index in [4.69, 9.17) is 21.1 Å². The van der Waals surface area contributed by atoms with Crippen molar-refractivity contribution in [3.63, 3.8) is 0 Å². The van der Waals surface area contributed by atoms with Gasteiger partial charge in [0.15, 0.2) is 0 Å². The van der Waals surface area contributed by atoms with Crippen molar-refractivity contribution in [2.45, 2.75) is 11.8 Å². The molecule has 1 saturated heterocycles. The Morgan fingerprint density at radius 3 is 2.42 bits per heavy atom. The van der Waals surface area contributed by atoms with Gasteiger partial charge in [-0.1, -0.05) is 17.7 Å². The van der Waals surface area contributed by atoms with Gasteiger partial charge in [0.05, 0.1) is 23.7 Å². The summed E-state index contributed by atoms with van der Waals surface area (Å²) >= 11 is 5.81. The normalized spacial score (nSPS) is 15.6. The lowest BCUT2D eigenvalue weighted by Crippen LogP contribution is -2.40. The number of benzene rings is 2. The average Bonchev–Trinajstić information content (AvgIpc) is 2.64. The van der Waals surface area contributed by atoms with E-state index in [0.717, 1.165) is 0 Å². The fourth-order valence-corrected chi connectivity index (χ4v) is 4.38. The molecule has 26 heavy (non-hydrogen) atoms. The highest BCUT2D eigenvalue weighted by molar-refractivity contribution is 7.89. The van der Waals surface area contributed by atoms with E-state index in [-0.39, 0.29) is 10.5 Å². The van der Waals surface area contributed by atoms with Crippen LogP contribution in [0.3, 0.4) is 0 Å². The molecule has 0 saturated carbocycles. The van der Waals surface area contributed by atoms with Gasteiger partial charge in [-0.25, -0.2) is 13.2 Å². The van der Waals surface area contributed by atoms with Gasteiger partial charge in [0.2, 0.25) is 10.0 Å². The van der Waals surface area contributed by atoms with Gasteiger partial charge in [0.1, 0.15) is 5.75 Å². The molecule has 6 nitrogen and oxygen atoms in total. The van der Waals surface area contributed by atoms with Crippen molar-refractivity contribution < 1.29 is 22.7 Å². The summed E-state index contributed by atoms with van der Waals surface area (Å²) in [6.45, 7) is 3.00. The maximum absolute atomic E-state index is 12.9. The molecule has 8 heteroatoms. The predicted octanol–water partition coefficient (Wildman–Crippen LogP) is 2.89. The molecule has 1 aliphatic rings. The summed E-state index contributed by atoms with van der Waals surface area (Å²) in [7, 11) is -3.70. The van der Waals surface area contributed by atoms with Gasteiger partial charge < -0.3 is 9.47 Å². The molecule has 0 bridgehead atoms. The van der Waals surface area contributed by atoms with Gasteiger partial charge in [-0.15, -0.1) is 0 Å². The minimum atomic E-state index is -3.70. The highest BCUT2D eigenvalue weighted by atomic mass is 35.5. The van der Waals surface area contributed by atoms with Crippen LogP contribution >= 0.6 is 11.6 Å². The van der Waals surface area contributed by atoms with Crippen LogP contribution in [0.2, 0.25) is 5.02 Å². The van der Waals surface area contributed by atoms with Gasteiger partial charge in [-0.2, -0.15) is 4.31 Å². The standard InChI is InChI=1S/C18H18ClNO5S/c1-13-2-3-14(18(21)25-16-6-4-15(19)5-7-16)12-17(13)26(22,23)20-8-10-24-11-9-20/h2-7,12H,8-11H2,1H3. The van der Waals surface area contributed by atoms with Gasteiger partial charge in [-0.05, 0) is 48.9 Å². The molecule has 0 amide bonds. The van der Waals surface area contributed by atoms with E-state index >= 15 is 0 Å². The lowest BCUT2D eigenvalue weighted by atomic mass is 10.1. The first-order valence-corrected chi connectivity index (χ1v) is 9.86. The molecule has 0 aromatic heterocycles. The van der Waals surface area contributed by atoms with E-state index in [1.807, 2.05) is 0 Å². The molecule has 0 N–H and O–H groups in total. The molecule has 1 fully saturated rings. The van der Waals surface area contributed by atoms with Crippen LogP contribution in [0.15, 0.2) is 47.4 Å². The zero-order chi connectivity index (χ0) is 18.7. The van der Waals surface area contributed by atoms with Crippen molar-refractivity contribution in [2.24, 2.45) is 0 Å². The lowest BCUT2D eigenvalue weighted by Gasteiger charge is -2.26. The third kappa shape index (κ3) is 4.07. The minimum Gasteiger partial charge on any atom is -0.423 e. The monoisotopic (exact) mass is 395 g/mol. The summed E-state index contributed by atoms with van der Waals surface area (Å²) in [6.07, 6.45) is 0. The molecule has 0 radical (unpaired) electrons. The predicted molar refractivity (Wildman–Crippen MR) is 97.2 cm³/mol. The number of sulfonamides is 1. The molecule has 3 rings (SSSR count). The molecule has 1 aliphatic heterocycles. The maximum Gasteiger partial charge on any atom is 0.343 e. The average molecular weight is 396 g/mol. The Morgan fingerprint density at radius 2 is 1.77 bits per heavy atom. The summed E-state index contributed by atoms with van der Waals surface area (Å²) in [5.41, 5.74) is 0.733. The topological polar surface area (TPSA) is 72.9 Å². The second-order valence-electron chi connectivity index (χ2n) is 5.84. The smallest absolute Gasteiger partial charge is 0.343 e. The SMILES string of the molecule is Cc1ccc(C(=O)Oc2ccc(Cl)cc2)cc1S(=O)(=O)N1CCOCC1. The van der Waals surface area contributed by atoms with E-state index < -0.39 is 16.0 Å². The third-order valence-electron chi connectivity index (χ3n) is 4.04. The molecule has 138 valence electrons. The summed E-state index contributed by atoms with van der Waals surface area (Å²) in [5.74, 6) is -0.302. The Labute approximate surface area is 157 Å². The molecule has 1 heterocycles. The molecule has 2 aromatic carbocycles. The highest BCUT2D eigenvalue weighted by Crippen LogP contribution is 2.23. The Balaban J connectivity index is 1.87. The maximum atomic E-state index is 12.9. The molecular weight excluding hydrogens is 378 g/mol. The van der Waals surface area contributed by atoms with Gasteiger partial charge in [0, 0.05) is 18.1 Å². The summed E-state index contributed by atoms with van der Waals surface area (Å²) < 4.78 is 37.6. The fourth-order valence-electron chi connectivity index (χ4n) is 2.60. The van der Waals surface area contributed by atoms with Crippen LogP contribution < -0.4 is 4.74 Å². The molecular formula is C18H18ClNO5S. The number of carbonyl (C=O) groups is 1. The number of esters is 1. The van der Waals surface area contributed by atoms with Crippen molar-refractivity contribution >= 4 is 27.6 Å². The molecule has 0 spiro atoms. The Bertz CT molecular complexity index is 906. The van der Waals surface area contributed by atoms with Crippen LogP contribution in [0.25, 0.3) is 0 Å². The van der Waals surface area contributed by atoms with E-state index in [1.54, 1.807) is 43.3 Å². The van der Waals surface area contributed by atoms with E-state index in [9.17, 15) is 13.2 Å². The van der Waals surface area contributed by atoms with Crippen molar-refractivity contribution in [3.8, 4) is 5.75 Å². The number of rotatable bonds is 4. The minimum absolute atomic E-state index is 0.102. The number of hydrogen-bond donors (Lipinski definition) is 0. The van der Waals surface area contributed by atoms with Gasteiger partial charge >= 0.3 is 5.97 Å². The number of aryl methyl sites for hydroxylation is 1. The molecule has 0 aliphatic carbocycles.